The quantitative estimate of drug-likeness (QED) is 0.799. The highest BCUT2D eigenvalue weighted by Gasteiger charge is 2.04. The van der Waals surface area contributed by atoms with Gasteiger partial charge in [0.05, 0.1) is 7.11 Å². The van der Waals surface area contributed by atoms with Gasteiger partial charge in [-0.25, -0.2) is 0 Å². The van der Waals surface area contributed by atoms with Crippen LogP contribution in [0.5, 0.6) is 5.75 Å². The number of benzene rings is 1. The first-order valence-electron chi connectivity index (χ1n) is 5.25. The molecule has 3 nitrogen and oxygen atoms in total. The van der Waals surface area contributed by atoms with E-state index in [1.54, 1.807) is 7.11 Å². The molecule has 0 saturated heterocycles. The zero-order chi connectivity index (χ0) is 11.3. The van der Waals surface area contributed by atoms with Crippen LogP contribution >= 0.6 is 0 Å². The lowest BCUT2D eigenvalue weighted by Crippen LogP contribution is -2.16. The maximum Gasteiger partial charge on any atom is 0.123 e. The first kappa shape index (κ1) is 12.0. The van der Waals surface area contributed by atoms with Crippen molar-refractivity contribution in [3.05, 3.63) is 29.3 Å². The van der Waals surface area contributed by atoms with Crippen molar-refractivity contribution in [3.63, 3.8) is 0 Å². The zero-order valence-corrected chi connectivity index (χ0v) is 9.79. The van der Waals surface area contributed by atoms with Crippen LogP contribution in [0.3, 0.4) is 0 Å². The Hall–Kier alpha value is -1.06. The van der Waals surface area contributed by atoms with Crippen molar-refractivity contribution in [1.29, 1.82) is 0 Å². The molecule has 15 heavy (non-hydrogen) atoms. The van der Waals surface area contributed by atoms with Crippen LogP contribution in [0.4, 0.5) is 0 Å². The molecule has 0 spiro atoms. The molecular formula is C12H20N2O. The summed E-state index contributed by atoms with van der Waals surface area (Å²) in [4.78, 5) is 2.25. The Labute approximate surface area is 91.8 Å². The van der Waals surface area contributed by atoms with Crippen LogP contribution in [0.2, 0.25) is 0 Å². The van der Waals surface area contributed by atoms with E-state index in [4.69, 9.17) is 10.5 Å². The van der Waals surface area contributed by atoms with Crippen LogP contribution in [0.1, 0.15) is 18.1 Å². The van der Waals surface area contributed by atoms with Gasteiger partial charge in [0.25, 0.3) is 0 Å². The van der Waals surface area contributed by atoms with Gasteiger partial charge in [0.1, 0.15) is 5.75 Å². The molecule has 3 heteroatoms. The summed E-state index contributed by atoms with van der Waals surface area (Å²) in [6.45, 7) is 4.65. The molecule has 0 aliphatic heterocycles. The molecule has 0 aliphatic rings. The Morgan fingerprint density at radius 3 is 2.67 bits per heavy atom. The fraction of sp³-hybridized carbons (Fsp3) is 0.500. The predicted octanol–water partition coefficient (Wildman–Crippen LogP) is 1.61. The van der Waals surface area contributed by atoms with Gasteiger partial charge in [0.15, 0.2) is 0 Å². The largest absolute Gasteiger partial charge is 0.496 e. The second-order valence-electron chi connectivity index (χ2n) is 3.68. The summed E-state index contributed by atoms with van der Waals surface area (Å²) in [7, 11) is 3.78. The molecule has 0 amide bonds. The van der Waals surface area contributed by atoms with E-state index in [0.29, 0.717) is 6.54 Å². The van der Waals surface area contributed by atoms with Crippen molar-refractivity contribution in [2.24, 2.45) is 5.73 Å². The van der Waals surface area contributed by atoms with Gasteiger partial charge < -0.3 is 15.4 Å². The van der Waals surface area contributed by atoms with Gasteiger partial charge in [0.2, 0.25) is 0 Å². The van der Waals surface area contributed by atoms with Gasteiger partial charge >= 0.3 is 0 Å². The molecule has 0 aliphatic carbocycles. The third-order valence-electron chi connectivity index (χ3n) is 2.56. The van der Waals surface area contributed by atoms with Crippen LogP contribution < -0.4 is 10.5 Å². The number of rotatable bonds is 5. The van der Waals surface area contributed by atoms with E-state index in [0.717, 1.165) is 24.4 Å². The Balaban J connectivity index is 2.83. The standard InChI is InChI=1S/C12H20N2O/c1-4-14(2)9-10-5-6-11(8-13)12(7-10)15-3/h5-7H,4,8-9,13H2,1-3H3. The van der Waals surface area contributed by atoms with Crippen molar-refractivity contribution in [2.45, 2.75) is 20.0 Å². The number of nitrogens with zero attached hydrogens (tertiary/aromatic N) is 1. The normalized spacial score (nSPS) is 10.7. The van der Waals surface area contributed by atoms with E-state index in [2.05, 4.69) is 31.0 Å². The lowest BCUT2D eigenvalue weighted by molar-refractivity contribution is 0.344. The number of hydrogen-bond donors (Lipinski definition) is 1. The second kappa shape index (κ2) is 5.73. The van der Waals surface area contributed by atoms with Gasteiger partial charge in [0, 0.05) is 18.7 Å². The summed E-state index contributed by atoms with van der Waals surface area (Å²) >= 11 is 0. The van der Waals surface area contributed by atoms with Crippen LogP contribution in [0.15, 0.2) is 18.2 Å². The molecule has 1 aromatic rings. The summed E-state index contributed by atoms with van der Waals surface area (Å²) in [5.74, 6) is 0.888. The fourth-order valence-electron chi connectivity index (χ4n) is 1.48. The van der Waals surface area contributed by atoms with Crippen molar-refractivity contribution in [2.75, 3.05) is 20.7 Å². The van der Waals surface area contributed by atoms with E-state index >= 15 is 0 Å². The van der Waals surface area contributed by atoms with Crippen LogP contribution in [-0.4, -0.2) is 25.6 Å². The monoisotopic (exact) mass is 208 g/mol. The van der Waals surface area contributed by atoms with Gasteiger partial charge in [-0.05, 0) is 25.2 Å². The highest BCUT2D eigenvalue weighted by Crippen LogP contribution is 2.20. The summed E-state index contributed by atoms with van der Waals surface area (Å²) in [5, 5.41) is 0. The maximum atomic E-state index is 5.61. The van der Waals surface area contributed by atoms with E-state index < -0.39 is 0 Å². The molecule has 0 heterocycles. The Bertz CT molecular complexity index is 312. The highest BCUT2D eigenvalue weighted by molar-refractivity contribution is 5.37. The van der Waals surface area contributed by atoms with Gasteiger partial charge in [-0.1, -0.05) is 19.1 Å². The first-order chi connectivity index (χ1) is 7.21. The number of ether oxygens (including phenoxy) is 1. The lowest BCUT2D eigenvalue weighted by atomic mass is 10.1. The molecule has 0 saturated carbocycles. The average Bonchev–Trinajstić information content (AvgIpc) is 2.28. The number of nitrogens with two attached hydrogens (primary N) is 1. The Morgan fingerprint density at radius 2 is 2.13 bits per heavy atom. The molecule has 0 bridgehead atoms. The molecule has 0 aromatic heterocycles. The minimum absolute atomic E-state index is 0.521. The lowest BCUT2D eigenvalue weighted by Gasteiger charge is -2.15. The molecule has 1 rings (SSSR count). The minimum Gasteiger partial charge on any atom is -0.496 e. The van der Waals surface area contributed by atoms with Gasteiger partial charge in [-0.3, -0.25) is 0 Å². The van der Waals surface area contributed by atoms with E-state index in [1.165, 1.54) is 5.56 Å². The Morgan fingerprint density at radius 1 is 1.40 bits per heavy atom. The van der Waals surface area contributed by atoms with Crippen LogP contribution in [-0.2, 0) is 13.1 Å². The number of methoxy groups -OCH3 is 1. The van der Waals surface area contributed by atoms with Gasteiger partial charge in [-0.15, -0.1) is 0 Å². The molecular weight excluding hydrogens is 188 g/mol. The fourth-order valence-corrected chi connectivity index (χ4v) is 1.48. The molecule has 84 valence electrons. The predicted molar refractivity (Wildman–Crippen MR) is 62.9 cm³/mol. The smallest absolute Gasteiger partial charge is 0.123 e. The topological polar surface area (TPSA) is 38.5 Å². The maximum absolute atomic E-state index is 5.61. The second-order valence-corrected chi connectivity index (χ2v) is 3.68. The van der Waals surface area contributed by atoms with Crippen molar-refractivity contribution < 1.29 is 4.74 Å². The highest BCUT2D eigenvalue weighted by atomic mass is 16.5. The van der Waals surface area contributed by atoms with Crippen LogP contribution in [0.25, 0.3) is 0 Å². The first-order valence-corrected chi connectivity index (χ1v) is 5.25. The molecule has 1 aromatic carbocycles. The molecule has 0 fully saturated rings. The van der Waals surface area contributed by atoms with Crippen LogP contribution in [0, 0.1) is 0 Å². The van der Waals surface area contributed by atoms with Gasteiger partial charge in [-0.2, -0.15) is 0 Å². The minimum atomic E-state index is 0.521. The van der Waals surface area contributed by atoms with Crippen molar-refractivity contribution in [1.82, 2.24) is 4.90 Å². The third-order valence-corrected chi connectivity index (χ3v) is 2.56. The summed E-state index contributed by atoms with van der Waals surface area (Å²) < 4.78 is 5.29. The molecule has 0 atom stereocenters. The molecule has 0 unspecified atom stereocenters. The van der Waals surface area contributed by atoms with E-state index in [-0.39, 0.29) is 0 Å². The summed E-state index contributed by atoms with van der Waals surface area (Å²) in [6.07, 6.45) is 0. The number of hydrogen-bond acceptors (Lipinski definition) is 3. The third kappa shape index (κ3) is 3.22. The van der Waals surface area contributed by atoms with E-state index in [1.807, 2.05) is 6.07 Å². The van der Waals surface area contributed by atoms with Crippen molar-refractivity contribution in [3.8, 4) is 5.75 Å². The molecule has 2 N–H and O–H groups in total. The van der Waals surface area contributed by atoms with E-state index in [9.17, 15) is 0 Å². The summed E-state index contributed by atoms with van der Waals surface area (Å²) in [6, 6.07) is 6.21. The van der Waals surface area contributed by atoms with Crippen molar-refractivity contribution >= 4 is 0 Å². The Kier molecular flexibility index (Phi) is 4.59. The molecule has 0 radical (unpaired) electrons. The average molecular weight is 208 g/mol. The summed E-state index contributed by atoms with van der Waals surface area (Å²) in [5.41, 5.74) is 7.93. The zero-order valence-electron chi connectivity index (χ0n) is 9.79. The SMILES string of the molecule is CCN(C)Cc1ccc(CN)c(OC)c1.